The molecule has 1 unspecified atom stereocenters. The van der Waals surface area contributed by atoms with E-state index in [1.807, 2.05) is 42.5 Å². The molecule has 0 aliphatic carbocycles. The summed E-state index contributed by atoms with van der Waals surface area (Å²) in [6.07, 6.45) is -0.165. The van der Waals surface area contributed by atoms with E-state index in [-0.39, 0.29) is 6.10 Å². The Morgan fingerprint density at radius 2 is 2.04 bits per heavy atom. The summed E-state index contributed by atoms with van der Waals surface area (Å²) in [5, 5.41) is 4.34. The van der Waals surface area contributed by atoms with Gasteiger partial charge in [0.05, 0.1) is 18.8 Å². The maximum Gasteiger partial charge on any atom is 0.150 e. The monoisotopic (exact) mass is 328 g/mol. The highest BCUT2D eigenvalue weighted by Crippen LogP contribution is 2.43. The van der Waals surface area contributed by atoms with Crippen LogP contribution in [0, 0.1) is 0 Å². The standard InChI is InChI=1S/C17H17ClN4O/c1-2-22-11-12(10-20-21-19)23-17-14(7-5-9-16(17)22)13-6-3-4-8-15(13)18/h3-9,12H,2,10-11H2,1H3. The Labute approximate surface area is 140 Å². The smallest absolute Gasteiger partial charge is 0.150 e. The van der Waals surface area contributed by atoms with E-state index < -0.39 is 0 Å². The van der Waals surface area contributed by atoms with Crippen LogP contribution in [0.15, 0.2) is 47.6 Å². The van der Waals surface area contributed by atoms with Gasteiger partial charge in [-0.05, 0) is 24.6 Å². The summed E-state index contributed by atoms with van der Waals surface area (Å²) in [5.41, 5.74) is 11.5. The normalized spacial score (nSPS) is 16.3. The quantitative estimate of drug-likeness (QED) is 0.455. The minimum atomic E-state index is -0.165. The molecular weight excluding hydrogens is 312 g/mol. The second kappa shape index (κ2) is 6.82. The Bertz CT molecular complexity index is 758. The summed E-state index contributed by atoms with van der Waals surface area (Å²) < 4.78 is 6.14. The Morgan fingerprint density at radius 1 is 1.26 bits per heavy atom. The van der Waals surface area contributed by atoms with Crippen LogP contribution in [0.2, 0.25) is 5.02 Å². The van der Waals surface area contributed by atoms with Crippen molar-refractivity contribution in [3.8, 4) is 16.9 Å². The molecule has 0 bridgehead atoms. The molecular formula is C17H17ClN4O. The van der Waals surface area contributed by atoms with E-state index in [2.05, 4.69) is 21.8 Å². The average molecular weight is 329 g/mol. The van der Waals surface area contributed by atoms with E-state index in [1.54, 1.807) is 0 Å². The minimum absolute atomic E-state index is 0.165. The van der Waals surface area contributed by atoms with Crippen molar-refractivity contribution in [1.82, 2.24) is 0 Å². The molecule has 0 N–H and O–H groups in total. The second-order valence-electron chi connectivity index (χ2n) is 5.33. The highest BCUT2D eigenvalue weighted by Gasteiger charge is 2.27. The van der Waals surface area contributed by atoms with Gasteiger partial charge in [-0.2, -0.15) is 0 Å². The zero-order chi connectivity index (χ0) is 16.2. The molecule has 118 valence electrons. The summed E-state index contributed by atoms with van der Waals surface area (Å²) >= 11 is 6.36. The molecule has 0 saturated heterocycles. The Balaban J connectivity index is 2.08. The highest BCUT2D eigenvalue weighted by atomic mass is 35.5. The summed E-state index contributed by atoms with van der Waals surface area (Å²) in [7, 11) is 0. The molecule has 0 spiro atoms. The summed E-state index contributed by atoms with van der Waals surface area (Å²) in [6, 6.07) is 13.8. The van der Waals surface area contributed by atoms with E-state index in [1.165, 1.54) is 0 Å². The van der Waals surface area contributed by atoms with Crippen molar-refractivity contribution in [2.75, 3.05) is 24.5 Å². The van der Waals surface area contributed by atoms with Crippen LogP contribution >= 0.6 is 11.6 Å². The molecule has 1 aliphatic rings. The minimum Gasteiger partial charge on any atom is -0.486 e. The molecule has 6 heteroatoms. The lowest BCUT2D eigenvalue weighted by molar-refractivity contribution is 0.203. The number of fused-ring (bicyclic) bond motifs is 1. The van der Waals surface area contributed by atoms with Gasteiger partial charge in [0.25, 0.3) is 0 Å². The molecule has 1 heterocycles. The van der Waals surface area contributed by atoms with Crippen molar-refractivity contribution in [3.63, 3.8) is 0 Å². The molecule has 0 aromatic heterocycles. The van der Waals surface area contributed by atoms with Crippen molar-refractivity contribution in [1.29, 1.82) is 0 Å². The molecule has 0 saturated carbocycles. The predicted molar refractivity (Wildman–Crippen MR) is 93.2 cm³/mol. The number of para-hydroxylation sites is 1. The maximum atomic E-state index is 8.56. The van der Waals surface area contributed by atoms with E-state index >= 15 is 0 Å². The zero-order valence-electron chi connectivity index (χ0n) is 12.8. The summed E-state index contributed by atoms with van der Waals surface area (Å²) in [4.78, 5) is 5.07. The number of likely N-dealkylation sites (N-methyl/N-ethyl adjacent to an activating group) is 1. The fourth-order valence-corrected chi connectivity index (χ4v) is 3.10. The first-order valence-corrected chi connectivity index (χ1v) is 7.92. The lowest BCUT2D eigenvalue weighted by Gasteiger charge is -2.36. The number of hydrogen-bond donors (Lipinski definition) is 0. The SMILES string of the molecule is CCN1CC(CN=[N+]=[N-])Oc2c(-c3ccccc3Cl)cccc21. The van der Waals surface area contributed by atoms with Gasteiger partial charge in [-0.3, -0.25) is 0 Å². The fourth-order valence-electron chi connectivity index (χ4n) is 2.86. The van der Waals surface area contributed by atoms with Crippen molar-refractivity contribution < 1.29 is 4.74 Å². The van der Waals surface area contributed by atoms with Gasteiger partial charge in [-0.15, -0.1) is 0 Å². The number of nitrogens with zero attached hydrogens (tertiary/aromatic N) is 4. The van der Waals surface area contributed by atoms with Crippen molar-refractivity contribution in [2.45, 2.75) is 13.0 Å². The molecule has 2 aromatic carbocycles. The number of benzene rings is 2. The van der Waals surface area contributed by atoms with Gasteiger partial charge >= 0.3 is 0 Å². The largest absolute Gasteiger partial charge is 0.486 e. The topological polar surface area (TPSA) is 61.2 Å². The third-order valence-corrected chi connectivity index (χ3v) is 4.27. The van der Waals surface area contributed by atoms with Crippen molar-refractivity contribution in [2.24, 2.45) is 5.11 Å². The van der Waals surface area contributed by atoms with Gasteiger partial charge in [0.1, 0.15) is 6.10 Å². The zero-order valence-corrected chi connectivity index (χ0v) is 13.6. The average Bonchev–Trinajstić information content (AvgIpc) is 2.59. The number of anilines is 1. The van der Waals surface area contributed by atoms with Crippen LogP contribution in [0.3, 0.4) is 0 Å². The van der Waals surface area contributed by atoms with Crippen LogP contribution in [-0.2, 0) is 0 Å². The van der Waals surface area contributed by atoms with Gasteiger partial charge in [-0.25, -0.2) is 0 Å². The van der Waals surface area contributed by atoms with E-state index in [9.17, 15) is 0 Å². The van der Waals surface area contributed by atoms with Crippen molar-refractivity contribution in [3.05, 3.63) is 57.9 Å². The lowest BCUT2D eigenvalue weighted by atomic mass is 10.0. The van der Waals surface area contributed by atoms with E-state index in [4.69, 9.17) is 21.9 Å². The van der Waals surface area contributed by atoms with Crippen LogP contribution < -0.4 is 9.64 Å². The molecule has 1 aliphatic heterocycles. The molecule has 0 amide bonds. The highest BCUT2D eigenvalue weighted by molar-refractivity contribution is 6.33. The predicted octanol–water partition coefficient (Wildman–Crippen LogP) is 4.90. The number of ether oxygens (including phenoxy) is 1. The molecule has 1 atom stereocenters. The number of hydrogen-bond acceptors (Lipinski definition) is 3. The Kier molecular flexibility index (Phi) is 4.60. The summed E-state index contributed by atoms with van der Waals surface area (Å²) in [6.45, 7) is 3.97. The molecule has 0 fully saturated rings. The van der Waals surface area contributed by atoms with Gasteiger partial charge in [0.2, 0.25) is 0 Å². The fraction of sp³-hybridized carbons (Fsp3) is 0.294. The third-order valence-electron chi connectivity index (χ3n) is 3.94. The third kappa shape index (κ3) is 3.07. The second-order valence-corrected chi connectivity index (χ2v) is 5.73. The molecule has 23 heavy (non-hydrogen) atoms. The first kappa shape index (κ1) is 15.5. The number of rotatable bonds is 4. The molecule has 5 nitrogen and oxygen atoms in total. The van der Waals surface area contributed by atoms with Crippen LogP contribution in [0.25, 0.3) is 21.6 Å². The number of halogens is 1. The maximum absolute atomic E-state index is 8.56. The van der Waals surface area contributed by atoms with Crippen LogP contribution in [-0.4, -0.2) is 25.7 Å². The van der Waals surface area contributed by atoms with Gasteiger partial charge in [0, 0.05) is 27.6 Å². The van der Waals surface area contributed by atoms with Gasteiger partial charge < -0.3 is 9.64 Å². The van der Waals surface area contributed by atoms with Gasteiger partial charge in [-0.1, -0.05) is 47.0 Å². The lowest BCUT2D eigenvalue weighted by Crippen LogP contribution is -2.41. The van der Waals surface area contributed by atoms with E-state index in [0.29, 0.717) is 18.1 Å². The molecule has 0 radical (unpaired) electrons. The van der Waals surface area contributed by atoms with Crippen LogP contribution in [0.5, 0.6) is 5.75 Å². The van der Waals surface area contributed by atoms with Crippen LogP contribution in [0.1, 0.15) is 6.92 Å². The molecule has 3 rings (SSSR count). The van der Waals surface area contributed by atoms with E-state index in [0.717, 1.165) is 29.1 Å². The van der Waals surface area contributed by atoms with Gasteiger partial charge in [0.15, 0.2) is 5.75 Å². The molecule has 2 aromatic rings. The Morgan fingerprint density at radius 3 is 2.78 bits per heavy atom. The van der Waals surface area contributed by atoms with Crippen molar-refractivity contribution >= 4 is 17.3 Å². The number of azide groups is 1. The Hall–Kier alpha value is -2.36. The first-order valence-electron chi connectivity index (χ1n) is 7.55. The summed E-state index contributed by atoms with van der Waals surface area (Å²) in [5.74, 6) is 0.798. The van der Waals surface area contributed by atoms with Crippen LogP contribution in [0.4, 0.5) is 5.69 Å². The first-order chi connectivity index (χ1) is 11.2.